The molecule has 1 heterocycles. The largest absolute Gasteiger partial charge is 0.497 e. The van der Waals surface area contributed by atoms with Crippen molar-refractivity contribution in [2.45, 2.75) is 31.2 Å². The van der Waals surface area contributed by atoms with Gasteiger partial charge in [0.1, 0.15) is 5.75 Å². The monoisotopic (exact) mass is 401 g/mol. The maximum absolute atomic E-state index is 13.3. The van der Waals surface area contributed by atoms with Gasteiger partial charge in [0.25, 0.3) is 10.0 Å². The van der Waals surface area contributed by atoms with Crippen LogP contribution in [0, 0.1) is 6.92 Å². The maximum Gasteiger partial charge on any atom is 0.332 e. The summed E-state index contributed by atoms with van der Waals surface area (Å²) in [5.74, 6) is 0.0233. The molecule has 1 atom stereocenters. The van der Waals surface area contributed by atoms with Crippen LogP contribution in [0.4, 0.5) is 0 Å². The molecular weight excluding hydrogens is 378 g/mol. The van der Waals surface area contributed by atoms with Crippen LogP contribution in [0.25, 0.3) is 0 Å². The lowest BCUT2D eigenvalue weighted by Crippen LogP contribution is -2.43. The van der Waals surface area contributed by atoms with Crippen molar-refractivity contribution in [2.75, 3.05) is 13.7 Å². The molecule has 7 heteroatoms. The van der Waals surface area contributed by atoms with Crippen LogP contribution in [0.2, 0.25) is 0 Å². The molecule has 0 aromatic heterocycles. The van der Waals surface area contributed by atoms with E-state index in [0.717, 1.165) is 11.1 Å². The molecule has 1 aliphatic heterocycles. The van der Waals surface area contributed by atoms with E-state index in [1.54, 1.807) is 19.1 Å². The first kappa shape index (κ1) is 19.9. The highest BCUT2D eigenvalue weighted by atomic mass is 32.2. The minimum Gasteiger partial charge on any atom is -0.497 e. The Morgan fingerprint density at radius 2 is 1.93 bits per heavy atom. The van der Waals surface area contributed by atoms with Crippen molar-refractivity contribution >= 4 is 16.0 Å². The van der Waals surface area contributed by atoms with Crippen LogP contribution in [0.3, 0.4) is 0 Å². The molecule has 0 bridgehead atoms. The predicted octanol–water partition coefficient (Wildman–Crippen LogP) is 3.59. The van der Waals surface area contributed by atoms with Crippen molar-refractivity contribution in [1.82, 2.24) is 4.31 Å². The Kier molecular flexibility index (Phi) is 5.74. The molecule has 1 fully saturated rings. The number of aryl methyl sites for hydroxylation is 1. The molecule has 0 amide bonds. The molecule has 2 aromatic rings. The van der Waals surface area contributed by atoms with E-state index in [2.05, 4.69) is 0 Å². The molecule has 0 unspecified atom stereocenters. The van der Waals surface area contributed by atoms with E-state index in [0.29, 0.717) is 17.9 Å². The van der Waals surface area contributed by atoms with Crippen molar-refractivity contribution in [3.8, 4) is 5.75 Å². The Bertz CT molecular complexity index is 996. The number of carbonyl (C=O) groups excluding carboxylic acids is 1. The van der Waals surface area contributed by atoms with Crippen molar-refractivity contribution in [3.05, 3.63) is 71.4 Å². The number of ether oxygens (including phenoxy) is 2. The Labute approximate surface area is 165 Å². The molecule has 148 valence electrons. The Balaban J connectivity index is 2.01. The fourth-order valence-electron chi connectivity index (χ4n) is 3.21. The molecule has 1 saturated heterocycles. The van der Waals surface area contributed by atoms with Gasteiger partial charge in [-0.25, -0.2) is 13.2 Å². The van der Waals surface area contributed by atoms with Gasteiger partial charge in [-0.1, -0.05) is 29.8 Å². The summed E-state index contributed by atoms with van der Waals surface area (Å²) in [6.45, 7) is 3.90. The number of hydrogen-bond donors (Lipinski definition) is 0. The topological polar surface area (TPSA) is 72.9 Å². The number of sulfonamides is 1. The van der Waals surface area contributed by atoms with Gasteiger partial charge in [-0.3, -0.25) is 4.31 Å². The second-order valence-electron chi connectivity index (χ2n) is 6.50. The van der Waals surface area contributed by atoms with Crippen molar-refractivity contribution in [1.29, 1.82) is 0 Å². The second-order valence-corrected chi connectivity index (χ2v) is 8.31. The number of rotatable bonds is 6. The summed E-state index contributed by atoms with van der Waals surface area (Å²) in [6.07, 6.45) is 1.70. The van der Waals surface area contributed by atoms with E-state index in [9.17, 15) is 13.2 Å². The van der Waals surface area contributed by atoms with E-state index in [4.69, 9.17) is 9.47 Å². The normalized spacial score (nSPS) is 17.9. The molecule has 0 radical (unpaired) electrons. The summed E-state index contributed by atoms with van der Waals surface area (Å²) in [5, 5.41) is 0. The number of methoxy groups -OCH3 is 1. The van der Waals surface area contributed by atoms with E-state index < -0.39 is 16.0 Å². The highest BCUT2D eigenvalue weighted by Gasteiger charge is 2.43. The van der Waals surface area contributed by atoms with Gasteiger partial charge in [0.05, 0.1) is 24.7 Å². The molecule has 0 saturated carbocycles. The molecular formula is C21H23NO5S. The van der Waals surface area contributed by atoms with Crippen molar-refractivity contribution in [2.24, 2.45) is 0 Å². The zero-order valence-corrected chi connectivity index (χ0v) is 16.9. The molecule has 1 aliphatic rings. The van der Waals surface area contributed by atoms with E-state index in [1.807, 2.05) is 31.2 Å². The SMILES string of the molecule is CCOC(=O)/C=C1\C[C@H](c2cccc(C)c2)N1S(=O)(=O)c1ccc(OC)cc1. The standard InChI is InChI=1S/C21H23NO5S/c1-4-27-21(23)14-17-13-20(16-7-5-6-15(2)12-16)22(17)28(24,25)19-10-8-18(26-3)9-11-19/h5-12,14,20H,4,13H2,1-3H3/b17-14+/t20-/m1/s1. The summed E-state index contributed by atoms with van der Waals surface area (Å²) >= 11 is 0. The lowest BCUT2D eigenvalue weighted by Gasteiger charge is -2.44. The van der Waals surface area contributed by atoms with Crippen molar-refractivity contribution in [3.63, 3.8) is 0 Å². The van der Waals surface area contributed by atoms with Gasteiger partial charge in [0.15, 0.2) is 0 Å². The average molecular weight is 401 g/mol. The fourth-order valence-corrected chi connectivity index (χ4v) is 4.89. The number of benzene rings is 2. The minimum atomic E-state index is -3.85. The molecule has 0 spiro atoms. The van der Waals surface area contributed by atoms with Crippen LogP contribution in [0.15, 0.2) is 65.2 Å². The summed E-state index contributed by atoms with van der Waals surface area (Å²) in [6, 6.07) is 13.6. The molecule has 0 aliphatic carbocycles. The van der Waals surface area contributed by atoms with Gasteiger partial charge >= 0.3 is 5.97 Å². The highest BCUT2D eigenvalue weighted by Crippen LogP contribution is 2.46. The van der Waals surface area contributed by atoms with Crippen LogP contribution >= 0.6 is 0 Å². The third-order valence-corrected chi connectivity index (χ3v) is 6.46. The number of esters is 1. The van der Waals surface area contributed by atoms with E-state index in [-0.39, 0.29) is 17.5 Å². The van der Waals surface area contributed by atoms with Crippen LogP contribution < -0.4 is 4.74 Å². The maximum atomic E-state index is 13.3. The lowest BCUT2D eigenvalue weighted by molar-refractivity contribution is -0.137. The quantitative estimate of drug-likeness (QED) is 0.546. The molecule has 28 heavy (non-hydrogen) atoms. The summed E-state index contributed by atoms with van der Waals surface area (Å²) < 4.78 is 38.0. The number of hydrogen-bond acceptors (Lipinski definition) is 5. The summed E-state index contributed by atoms with van der Waals surface area (Å²) in [5.41, 5.74) is 2.35. The Morgan fingerprint density at radius 3 is 2.54 bits per heavy atom. The van der Waals surface area contributed by atoms with Crippen LogP contribution in [-0.2, 0) is 19.6 Å². The summed E-state index contributed by atoms with van der Waals surface area (Å²) in [4.78, 5) is 12.0. The summed E-state index contributed by atoms with van der Waals surface area (Å²) in [7, 11) is -2.32. The highest BCUT2D eigenvalue weighted by molar-refractivity contribution is 7.89. The minimum absolute atomic E-state index is 0.139. The smallest absolute Gasteiger partial charge is 0.332 e. The Morgan fingerprint density at radius 1 is 1.21 bits per heavy atom. The molecule has 2 aromatic carbocycles. The van der Waals surface area contributed by atoms with Gasteiger partial charge in [-0.2, -0.15) is 0 Å². The molecule has 6 nitrogen and oxygen atoms in total. The Hall–Kier alpha value is -2.80. The first-order chi connectivity index (χ1) is 13.4. The lowest BCUT2D eigenvalue weighted by atomic mass is 9.93. The average Bonchev–Trinajstić information content (AvgIpc) is 2.64. The van der Waals surface area contributed by atoms with Crippen LogP contribution in [0.1, 0.15) is 30.5 Å². The first-order valence-corrected chi connectivity index (χ1v) is 10.4. The van der Waals surface area contributed by atoms with Crippen molar-refractivity contribution < 1.29 is 22.7 Å². The van der Waals surface area contributed by atoms with Crippen LogP contribution in [0.5, 0.6) is 5.75 Å². The van der Waals surface area contributed by atoms with Gasteiger partial charge in [-0.15, -0.1) is 0 Å². The fraction of sp³-hybridized carbons (Fsp3) is 0.286. The van der Waals surface area contributed by atoms with E-state index in [1.165, 1.54) is 29.6 Å². The van der Waals surface area contributed by atoms with Gasteiger partial charge in [0.2, 0.25) is 0 Å². The first-order valence-electron chi connectivity index (χ1n) is 8.99. The van der Waals surface area contributed by atoms with Gasteiger partial charge in [-0.05, 0) is 43.7 Å². The van der Waals surface area contributed by atoms with E-state index >= 15 is 0 Å². The molecule has 3 rings (SSSR count). The third-order valence-electron chi connectivity index (χ3n) is 4.58. The number of carbonyl (C=O) groups is 1. The second kappa shape index (κ2) is 8.06. The number of nitrogens with zero attached hydrogens (tertiary/aromatic N) is 1. The van der Waals surface area contributed by atoms with Gasteiger partial charge < -0.3 is 9.47 Å². The zero-order chi connectivity index (χ0) is 20.3. The third kappa shape index (κ3) is 3.89. The zero-order valence-electron chi connectivity index (χ0n) is 16.1. The van der Waals surface area contributed by atoms with Gasteiger partial charge in [0, 0.05) is 18.2 Å². The van der Waals surface area contributed by atoms with Crippen LogP contribution in [-0.4, -0.2) is 32.4 Å². The molecule has 0 N–H and O–H groups in total. The predicted molar refractivity (Wildman–Crippen MR) is 105 cm³/mol.